The lowest BCUT2D eigenvalue weighted by molar-refractivity contribution is -0.569. The molecular weight excluding hydrogens is 168 g/mol. The summed E-state index contributed by atoms with van der Waals surface area (Å²) < 4.78 is 0.197. The van der Waals surface area contributed by atoms with Gasteiger partial charge in [0.2, 0.25) is 4.54 Å². The summed E-state index contributed by atoms with van der Waals surface area (Å²) in [7, 11) is 0. The number of aromatic hydroxyl groups is 1. The smallest absolute Gasteiger partial charge is 0.450 e. The maximum absolute atomic E-state index is 11.0. The van der Waals surface area contributed by atoms with Crippen molar-refractivity contribution in [3.63, 3.8) is 0 Å². The highest BCUT2D eigenvalue weighted by atomic mass is 16.3. The molecule has 0 radical (unpaired) electrons. The minimum absolute atomic E-state index is 0.197. The quantitative estimate of drug-likeness (QED) is 0.604. The van der Waals surface area contributed by atoms with Crippen molar-refractivity contribution in [2.45, 2.75) is 0 Å². The van der Waals surface area contributed by atoms with Crippen LogP contribution >= 0.6 is 0 Å². The van der Waals surface area contributed by atoms with Crippen molar-refractivity contribution < 1.29 is 9.65 Å². The molecule has 2 rings (SSSR count). The predicted molar refractivity (Wildman–Crippen MR) is 46.8 cm³/mol. The molecule has 0 amide bonds. The molecule has 0 unspecified atom stereocenters. The van der Waals surface area contributed by atoms with E-state index in [0.717, 1.165) is 5.39 Å². The molecule has 1 aromatic heterocycles. The Labute approximate surface area is 73.7 Å². The van der Waals surface area contributed by atoms with Crippen LogP contribution in [-0.2, 0) is 0 Å². The SMILES string of the molecule is O=[n+]1nc2ccccc2ccc1O. The first-order valence-corrected chi connectivity index (χ1v) is 3.79. The van der Waals surface area contributed by atoms with Crippen LogP contribution in [0.2, 0.25) is 0 Å². The van der Waals surface area contributed by atoms with E-state index in [4.69, 9.17) is 5.11 Å². The summed E-state index contributed by atoms with van der Waals surface area (Å²) in [6.45, 7) is 0. The summed E-state index contributed by atoms with van der Waals surface area (Å²) in [6.07, 6.45) is 0. The fraction of sp³-hybridized carbons (Fsp3) is 0. The normalized spacial score (nSPS) is 10.2. The van der Waals surface area contributed by atoms with Gasteiger partial charge in [0, 0.05) is 5.39 Å². The third-order valence-corrected chi connectivity index (χ3v) is 1.74. The Morgan fingerprint density at radius 1 is 1.15 bits per heavy atom. The Morgan fingerprint density at radius 3 is 2.77 bits per heavy atom. The molecule has 0 aliphatic rings. The van der Waals surface area contributed by atoms with Crippen molar-refractivity contribution in [3.8, 4) is 5.88 Å². The first kappa shape index (κ1) is 7.67. The number of fused-ring (bicyclic) bond motifs is 1. The maximum atomic E-state index is 11.0. The first-order valence-electron chi connectivity index (χ1n) is 3.79. The highest BCUT2D eigenvalue weighted by molar-refractivity contribution is 5.76. The number of benzene rings is 1. The second-order valence-electron chi connectivity index (χ2n) is 2.62. The number of rotatable bonds is 0. The van der Waals surface area contributed by atoms with Crippen LogP contribution in [0.1, 0.15) is 0 Å². The molecular formula is C9H7N2O2+. The molecule has 0 saturated carbocycles. The summed E-state index contributed by atoms with van der Waals surface area (Å²) in [5, 5.41) is 13.5. The average molecular weight is 175 g/mol. The summed E-state index contributed by atoms with van der Waals surface area (Å²) in [5.74, 6) is -0.406. The molecule has 4 nitrogen and oxygen atoms in total. The van der Waals surface area contributed by atoms with Gasteiger partial charge in [-0.2, -0.15) is 0 Å². The van der Waals surface area contributed by atoms with Gasteiger partial charge in [-0.25, -0.2) is 0 Å². The van der Waals surface area contributed by atoms with Gasteiger partial charge < -0.3 is 5.11 Å². The standard InChI is InChI=1S/C9H6N2O2/c12-9-6-5-7-3-1-2-4-8(7)10-11(9)13/h1-6H/p+1. The molecule has 0 spiro atoms. The van der Waals surface area contributed by atoms with Gasteiger partial charge in [0.25, 0.3) is 0 Å². The van der Waals surface area contributed by atoms with E-state index in [0.29, 0.717) is 5.52 Å². The fourth-order valence-corrected chi connectivity index (χ4v) is 1.10. The third kappa shape index (κ3) is 1.33. The van der Waals surface area contributed by atoms with Crippen LogP contribution in [0, 0.1) is 4.91 Å². The van der Waals surface area contributed by atoms with Gasteiger partial charge in [0.1, 0.15) is 5.52 Å². The highest BCUT2D eigenvalue weighted by Crippen LogP contribution is 2.08. The summed E-state index contributed by atoms with van der Waals surface area (Å²) in [5.41, 5.74) is 0.554. The number of aromatic nitrogens is 2. The van der Waals surface area contributed by atoms with Crippen LogP contribution < -0.4 is 4.54 Å². The van der Waals surface area contributed by atoms with Crippen LogP contribution in [-0.4, -0.2) is 10.2 Å². The van der Waals surface area contributed by atoms with Gasteiger partial charge in [-0.3, -0.25) is 0 Å². The van der Waals surface area contributed by atoms with Crippen LogP contribution in [0.4, 0.5) is 0 Å². The molecule has 1 N–H and O–H groups in total. The molecule has 0 fully saturated rings. The Bertz CT molecular complexity index is 511. The second kappa shape index (κ2) is 2.82. The molecule has 1 heterocycles. The molecule has 64 valence electrons. The summed E-state index contributed by atoms with van der Waals surface area (Å²) in [4.78, 5) is 11.0. The molecule has 0 atom stereocenters. The van der Waals surface area contributed by atoms with Gasteiger partial charge >= 0.3 is 5.88 Å². The highest BCUT2D eigenvalue weighted by Gasteiger charge is 2.05. The second-order valence-corrected chi connectivity index (χ2v) is 2.62. The Hall–Kier alpha value is -1.97. The predicted octanol–water partition coefficient (Wildman–Crippen LogP) is 0.855. The molecule has 1 aromatic carbocycles. The van der Waals surface area contributed by atoms with Crippen LogP contribution in [0.25, 0.3) is 10.9 Å². The monoisotopic (exact) mass is 175 g/mol. The van der Waals surface area contributed by atoms with Crippen molar-refractivity contribution >= 4 is 10.9 Å². The van der Waals surface area contributed by atoms with E-state index >= 15 is 0 Å². The van der Waals surface area contributed by atoms with Crippen LogP contribution in [0.3, 0.4) is 0 Å². The van der Waals surface area contributed by atoms with Crippen LogP contribution in [0.15, 0.2) is 36.4 Å². The minimum atomic E-state index is -0.406. The van der Waals surface area contributed by atoms with Crippen molar-refractivity contribution in [3.05, 3.63) is 41.3 Å². The van der Waals surface area contributed by atoms with E-state index in [2.05, 4.69) is 5.10 Å². The van der Waals surface area contributed by atoms with Gasteiger partial charge in [-0.15, -0.1) is 0 Å². The number of nitrogens with zero attached hydrogens (tertiary/aromatic N) is 2. The van der Waals surface area contributed by atoms with E-state index < -0.39 is 5.88 Å². The Balaban J connectivity index is 2.97. The summed E-state index contributed by atoms with van der Waals surface area (Å²) >= 11 is 0. The van der Waals surface area contributed by atoms with Gasteiger partial charge in [-0.1, -0.05) is 18.2 Å². The zero-order chi connectivity index (χ0) is 9.26. The largest absolute Gasteiger partial charge is 0.455 e. The number of hydrogen-bond donors (Lipinski definition) is 1. The fourth-order valence-electron chi connectivity index (χ4n) is 1.10. The average Bonchev–Trinajstić information content (AvgIpc) is 2.28. The lowest BCUT2D eigenvalue weighted by atomic mass is 10.2. The van der Waals surface area contributed by atoms with Crippen molar-refractivity contribution in [1.29, 1.82) is 0 Å². The lowest BCUT2D eigenvalue weighted by Gasteiger charge is -1.82. The zero-order valence-corrected chi connectivity index (χ0v) is 6.71. The molecule has 0 aliphatic carbocycles. The third-order valence-electron chi connectivity index (χ3n) is 1.74. The van der Waals surface area contributed by atoms with Crippen molar-refractivity contribution in [1.82, 2.24) is 5.10 Å². The first-order chi connectivity index (χ1) is 6.27. The molecule has 4 heteroatoms. The topological polar surface area (TPSA) is 56.1 Å². The lowest BCUT2D eigenvalue weighted by Crippen LogP contribution is -2.16. The zero-order valence-electron chi connectivity index (χ0n) is 6.71. The Kier molecular flexibility index (Phi) is 1.66. The van der Waals surface area contributed by atoms with Crippen molar-refractivity contribution in [2.24, 2.45) is 0 Å². The molecule has 0 saturated heterocycles. The van der Waals surface area contributed by atoms with E-state index in [9.17, 15) is 4.91 Å². The van der Waals surface area contributed by atoms with E-state index in [1.807, 2.05) is 12.1 Å². The van der Waals surface area contributed by atoms with E-state index in [1.54, 1.807) is 18.2 Å². The number of hydrogen-bond acceptors (Lipinski definition) is 3. The molecule has 0 aliphatic heterocycles. The van der Waals surface area contributed by atoms with Gasteiger partial charge in [0.05, 0.1) is 16.1 Å². The van der Waals surface area contributed by atoms with E-state index in [1.165, 1.54) is 6.07 Å². The van der Waals surface area contributed by atoms with Gasteiger partial charge in [0.15, 0.2) is 0 Å². The Morgan fingerprint density at radius 2 is 1.92 bits per heavy atom. The van der Waals surface area contributed by atoms with Crippen molar-refractivity contribution in [2.75, 3.05) is 0 Å². The minimum Gasteiger partial charge on any atom is -0.455 e. The van der Waals surface area contributed by atoms with Gasteiger partial charge in [-0.05, 0) is 12.1 Å². The molecule has 2 aromatic rings. The maximum Gasteiger partial charge on any atom is 0.450 e. The summed E-state index contributed by atoms with van der Waals surface area (Å²) in [6, 6.07) is 10.1. The van der Waals surface area contributed by atoms with E-state index in [-0.39, 0.29) is 4.54 Å². The molecule has 13 heavy (non-hydrogen) atoms. The molecule has 0 bridgehead atoms. The van der Waals surface area contributed by atoms with Crippen LogP contribution in [0.5, 0.6) is 5.88 Å².